The second kappa shape index (κ2) is 9.43. The average molecular weight is 411 g/mol. The minimum absolute atomic E-state index is 0.248. The predicted octanol–water partition coefficient (Wildman–Crippen LogP) is 2.32. The molecule has 30 heavy (non-hydrogen) atoms. The van der Waals surface area contributed by atoms with Crippen LogP contribution in [0.4, 0.5) is 5.82 Å². The summed E-state index contributed by atoms with van der Waals surface area (Å²) in [6, 6.07) is 8.03. The number of fused-ring (bicyclic) bond motifs is 1. The molecule has 0 atom stereocenters. The molecule has 1 aromatic carbocycles. The van der Waals surface area contributed by atoms with Crippen LogP contribution in [-0.4, -0.2) is 51.4 Å². The van der Waals surface area contributed by atoms with Gasteiger partial charge in [0, 0.05) is 39.3 Å². The summed E-state index contributed by atoms with van der Waals surface area (Å²) in [5.74, 6) is 2.36. The monoisotopic (exact) mass is 410 g/mol. The Kier molecular flexibility index (Phi) is 6.71. The summed E-state index contributed by atoms with van der Waals surface area (Å²) in [5, 5.41) is 15.1. The molecule has 2 aromatic heterocycles. The lowest BCUT2D eigenvalue weighted by atomic mass is 10.1. The molecule has 3 rings (SSSR count). The molecule has 0 unspecified atom stereocenters. The summed E-state index contributed by atoms with van der Waals surface area (Å²) in [5.41, 5.74) is 1.63. The average Bonchev–Trinajstić information content (AvgIpc) is 3.09. The lowest BCUT2D eigenvalue weighted by molar-refractivity contribution is 0.129. The topological polar surface area (TPSA) is 101 Å². The van der Waals surface area contributed by atoms with Gasteiger partial charge in [0.15, 0.2) is 11.6 Å². The molecule has 3 aromatic rings. The first-order chi connectivity index (χ1) is 14.4. The van der Waals surface area contributed by atoms with E-state index in [1.54, 1.807) is 17.9 Å². The number of nitrogens with one attached hydrogen (secondary N) is 3. The largest absolute Gasteiger partial charge is 0.488 e. The molecule has 0 aliphatic heterocycles. The molecule has 0 saturated heterocycles. The molecule has 2 heterocycles. The Hall–Kier alpha value is -3.36. The first-order valence-corrected chi connectivity index (χ1v) is 9.95. The van der Waals surface area contributed by atoms with Crippen molar-refractivity contribution in [1.29, 1.82) is 0 Å². The molecule has 160 valence electrons. The van der Waals surface area contributed by atoms with Crippen LogP contribution in [0.3, 0.4) is 0 Å². The second-order valence-electron chi connectivity index (χ2n) is 7.83. The maximum atomic E-state index is 6.05. The van der Waals surface area contributed by atoms with Crippen LogP contribution in [0.1, 0.15) is 26.3 Å². The van der Waals surface area contributed by atoms with Crippen molar-refractivity contribution in [2.24, 2.45) is 12.0 Å². The number of ether oxygens (including phenoxy) is 1. The highest BCUT2D eigenvalue weighted by atomic mass is 16.5. The molecule has 9 nitrogen and oxygen atoms in total. The highest BCUT2D eigenvalue weighted by Crippen LogP contribution is 2.22. The standard InChI is InChI=1S/C21H30N8O/c1-21(2,3)30-17-9-7-6-8-15(17)12-25-20(22-4)24-11-10-23-18-16-13-28-29(5)19(16)27-14-26-18/h6-9,13-14H,10-12H2,1-5H3,(H2,22,24,25)(H,23,26,27). The van der Waals surface area contributed by atoms with E-state index in [1.807, 2.05) is 46.0 Å². The Morgan fingerprint density at radius 3 is 2.70 bits per heavy atom. The van der Waals surface area contributed by atoms with Gasteiger partial charge in [-0.25, -0.2) is 9.97 Å². The van der Waals surface area contributed by atoms with Gasteiger partial charge in [0.05, 0.1) is 11.6 Å². The molecule has 0 spiro atoms. The Labute approximate surface area is 177 Å². The van der Waals surface area contributed by atoms with Gasteiger partial charge in [0.1, 0.15) is 23.5 Å². The predicted molar refractivity (Wildman–Crippen MR) is 120 cm³/mol. The van der Waals surface area contributed by atoms with Crippen LogP contribution >= 0.6 is 0 Å². The fourth-order valence-corrected chi connectivity index (χ4v) is 2.94. The van der Waals surface area contributed by atoms with E-state index in [0.717, 1.165) is 34.1 Å². The van der Waals surface area contributed by atoms with E-state index in [2.05, 4.69) is 42.1 Å². The highest BCUT2D eigenvalue weighted by Gasteiger charge is 2.14. The summed E-state index contributed by atoms with van der Waals surface area (Å²) < 4.78 is 7.78. The van der Waals surface area contributed by atoms with Crippen LogP contribution in [0.15, 0.2) is 41.8 Å². The van der Waals surface area contributed by atoms with Crippen LogP contribution < -0.4 is 20.7 Å². The Bertz CT molecular complexity index is 1010. The van der Waals surface area contributed by atoms with E-state index >= 15 is 0 Å². The third kappa shape index (κ3) is 5.59. The Morgan fingerprint density at radius 2 is 1.93 bits per heavy atom. The SMILES string of the molecule is CN=C(NCCNc1ncnc2c1cnn2C)NCc1ccccc1OC(C)(C)C. The molecule has 0 fully saturated rings. The fourth-order valence-electron chi connectivity index (χ4n) is 2.94. The number of guanidine groups is 1. The van der Waals surface area contributed by atoms with Crippen LogP contribution in [-0.2, 0) is 13.6 Å². The Morgan fingerprint density at radius 1 is 1.13 bits per heavy atom. The van der Waals surface area contributed by atoms with E-state index in [9.17, 15) is 0 Å². The van der Waals surface area contributed by atoms with Crippen molar-refractivity contribution < 1.29 is 4.74 Å². The highest BCUT2D eigenvalue weighted by molar-refractivity contribution is 5.86. The molecule has 0 aliphatic rings. The van der Waals surface area contributed by atoms with Crippen LogP contribution in [0.2, 0.25) is 0 Å². The number of aromatic nitrogens is 4. The molecular formula is C21H30N8O. The second-order valence-corrected chi connectivity index (χ2v) is 7.83. The van der Waals surface area contributed by atoms with Crippen molar-refractivity contribution in [3.63, 3.8) is 0 Å². The number of para-hydroxylation sites is 1. The van der Waals surface area contributed by atoms with Gasteiger partial charge in [-0.1, -0.05) is 18.2 Å². The molecule has 0 saturated carbocycles. The van der Waals surface area contributed by atoms with Crippen molar-refractivity contribution in [3.05, 3.63) is 42.4 Å². The first-order valence-electron chi connectivity index (χ1n) is 9.95. The summed E-state index contributed by atoms with van der Waals surface area (Å²) in [6.45, 7) is 8.09. The minimum atomic E-state index is -0.248. The third-order valence-corrected chi connectivity index (χ3v) is 4.30. The summed E-state index contributed by atoms with van der Waals surface area (Å²) in [7, 11) is 3.62. The third-order valence-electron chi connectivity index (χ3n) is 4.30. The van der Waals surface area contributed by atoms with Crippen LogP contribution in [0, 0.1) is 0 Å². The number of hydrogen-bond acceptors (Lipinski definition) is 6. The van der Waals surface area contributed by atoms with Crippen molar-refractivity contribution in [3.8, 4) is 5.75 Å². The zero-order chi connectivity index (χ0) is 21.6. The zero-order valence-electron chi connectivity index (χ0n) is 18.2. The fraction of sp³-hybridized carbons (Fsp3) is 0.429. The van der Waals surface area contributed by atoms with Crippen LogP contribution in [0.5, 0.6) is 5.75 Å². The molecule has 0 amide bonds. The van der Waals surface area contributed by atoms with Crippen LogP contribution in [0.25, 0.3) is 11.0 Å². The van der Waals surface area contributed by atoms with Gasteiger partial charge in [-0.2, -0.15) is 5.10 Å². The van der Waals surface area contributed by atoms with Gasteiger partial charge in [-0.15, -0.1) is 0 Å². The van der Waals surface area contributed by atoms with Gasteiger partial charge >= 0.3 is 0 Å². The van der Waals surface area contributed by atoms with Crippen molar-refractivity contribution >= 4 is 22.8 Å². The number of nitrogens with zero attached hydrogens (tertiary/aromatic N) is 5. The van der Waals surface area contributed by atoms with E-state index in [4.69, 9.17) is 4.74 Å². The van der Waals surface area contributed by atoms with Gasteiger partial charge in [0.25, 0.3) is 0 Å². The number of hydrogen-bond donors (Lipinski definition) is 3. The number of benzene rings is 1. The number of aryl methyl sites for hydroxylation is 1. The number of rotatable bonds is 7. The molecular weight excluding hydrogens is 380 g/mol. The van der Waals surface area contributed by atoms with E-state index < -0.39 is 0 Å². The smallest absolute Gasteiger partial charge is 0.191 e. The van der Waals surface area contributed by atoms with Crippen molar-refractivity contribution in [2.75, 3.05) is 25.5 Å². The lowest BCUT2D eigenvalue weighted by Crippen LogP contribution is -2.39. The van der Waals surface area contributed by atoms with E-state index in [0.29, 0.717) is 19.6 Å². The van der Waals surface area contributed by atoms with E-state index in [1.165, 1.54) is 6.33 Å². The van der Waals surface area contributed by atoms with Gasteiger partial charge < -0.3 is 20.7 Å². The minimum Gasteiger partial charge on any atom is -0.488 e. The molecule has 9 heteroatoms. The molecule has 0 radical (unpaired) electrons. The van der Waals surface area contributed by atoms with Crippen molar-refractivity contribution in [1.82, 2.24) is 30.4 Å². The zero-order valence-corrected chi connectivity index (χ0v) is 18.2. The quantitative estimate of drug-likeness (QED) is 0.312. The summed E-state index contributed by atoms with van der Waals surface area (Å²) >= 11 is 0. The Balaban J connectivity index is 1.50. The maximum absolute atomic E-state index is 6.05. The van der Waals surface area contributed by atoms with Gasteiger partial charge in [-0.3, -0.25) is 9.67 Å². The first kappa shape index (κ1) is 21.4. The number of aliphatic imine (C=N–C) groups is 1. The normalized spacial score (nSPS) is 12.1. The molecule has 0 bridgehead atoms. The molecule has 0 aliphatic carbocycles. The summed E-state index contributed by atoms with van der Waals surface area (Å²) in [6.07, 6.45) is 3.31. The lowest BCUT2D eigenvalue weighted by Gasteiger charge is -2.23. The summed E-state index contributed by atoms with van der Waals surface area (Å²) in [4.78, 5) is 12.8. The van der Waals surface area contributed by atoms with Gasteiger partial charge in [-0.05, 0) is 26.8 Å². The molecule has 3 N–H and O–H groups in total. The van der Waals surface area contributed by atoms with Crippen molar-refractivity contribution in [2.45, 2.75) is 32.9 Å². The maximum Gasteiger partial charge on any atom is 0.191 e. The van der Waals surface area contributed by atoms with E-state index in [-0.39, 0.29) is 5.60 Å². The number of anilines is 1. The van der Waals surface area contributed by atoms with Gasteiger partial charge in [0.2, 0.25) is 0 Å².